The van der Waals surface area contributed by atoms with Crippen LogP contribution in [0.2, 0.25) is 0 Å². The third kappa shape index (κ3) is 9.00. The Bertz CT molecular complexity index is 188. The van der Waals surface area contributed by atoms with Crippen molar-refractivity contribution in [3.8, 4) is 0 Å². The zero-order chi connectivity index (χ0) is 12.4. The van der Waals surface area contributed by atoms with Crippen LogP contribution in [0.5, 0.6) is 0 Å². The number of amides is 1. The highest BCUT2D eigenvalue weighted by Gasteiger charge is 2.11. The van der Waals surface area contributed by atoms with Crippen LogP contribution in [-0.2, 0) is 4.79 Å². The van der Waals surface area contributed by atoms with Gasteiger partial charge in [0, 0.05) is 6.54 Å². The third-order valence-electron chi connectivity index (χ3n) is 2.30. The van der Waals surface area contributed by atoms with E-state index >= 15 is 0 Å². The Hall–Kier alpha value is -0.260. The van der Waals surface area contributed by atoms with Gasteiger partial charge in [0.15, 0.2) is 0 Å². The molecule has 0 spiro atoms. The Balaban J connectivity index is 3.42. The van der Waals surface area contributed by atoms with E-state index in [0.29, 0.717) is 0 Å². The molecule has 0 aromatic carbocycles. The van der Waals surface area contributed by atoms with Gasteiger partial charge in [0.25, 0.3) is 0 Å². The van der Waals surface area contributed by atoms with E-state index in [1.54, 1.807) is 11.8 Å². The summed E-state index contributed by atoms with van der Waals surface area (Å²) in [4.78, 5) is 13.6. The van der Waals surface area contributed by atoms with E-state index in [9.17, 15) is 4.79 Å². The second-order valence-electron chi connectivity index (χ2n) is 4.19. The van der Waals surface area contributed by atoms with Crippen LogP contribution in [0.25, 0.3) is 0 Å². The van der Waals surface area contributed by atoms with Crippen LogP contribution in [0.15, 0.2) is 0 Å². The van der Waals surface area contributed by atoms with E-state index < -0.39 is 0 Å². The number of hydrogen-bond donors (Lipinski definition) is 2. The lowest BCUT2D eigenvalue weighted by Crippen LogP contribution is -2.41. The van der Waals surface area contributed by atoms with Crippen LogP contribution in [-0.4, -0.2) is 56.0 Å². The molecule has 0 fully saturated rings. The molecule has 16 heavy (non-hydrogen) atoms. The number of nitrogens with one attached hydrogen (secondary N) is 1. The van der Waals surface area contributed by atoms with E-state index in [1.165, 1.54) is 0 Å². The Labute approximate surface area is 103 Å². The van der Waals surface area contributed by atoms with Gasteiger partial charge in [-0.2, -0.15) is 11.8 Å². The largest absolute Gasteiger partial charge is 0.355 e. The molecule has 1 amide bonds. The third-order valence-corrected chi connectivity index (χ3v) is 2.95. The van der Waals surface area contributed by atoms with Gasteiger partial charge in [0.2, 0.25) is 5.91 Å². The van der Waals surface area contributed by atoms with Crippen molar-refractivity contribution in [2.24, 2.45) is 5.73 Å². The molecule has 0 aliphatic heterocycles. The quantitative estimate of drug-likeness (QED) is 0.583. The van der Waals surface area contributed by atoms with Crippen molar-refractivity contribution >= 4 is 17.7 Å². The number of hydrogen-bond acceptors (Lipinski definition) is 4. The predicted octanol–water partition coefficient (Wildman–Crippen LogP) is 0.525. The molecule has 96 valence electrons. The fourth-order valence-electron chi connectivity index (χ4n) is 1.27. The maximum atomic E-state index is 11.5. The molecule has 0 unspecified atom stereocenters. The Morgan fingerprint density at radius 1 is 1.44 bits per heavy atom. The number of unbranched alkanes of at least 4 members (excludes halogenated alkanes) is 1. The second-order valence-corrected chi connectivity index (χ2v) is 5.17. The first kappa shape index (κ1) is 15.7. The van der Waals surface area contributed by atoms with Crippen LogP contribution < -0.4 is 11.1 Å². The summed E-state index contributed by atoms with van der Waals surface area (Å²) >= 11 is 1.72. The van der Waals surface area contributed by atoms with E-state index in [4.69, 9.17) is 5.73 Å². The lowest BCUT2D eigenvalue weighted by atomic mass is 10.2. The average molecular weight is 247 g/mol. The van der Waals surface area contributed by atoms with Crippen LogP contribution >= 0.6 is 11.8 Å². The van der Waals surface area contributed by atoms with Gasteiger partial charge in [-0.25, -0.2) is 0 Å². The van der Waals surface area contributed by atoms with Crippen molar-refractivity contribution < 1.29 is 4.79 Å². The molecule has 5 heteroatoms. The maximum absolute atomic E-state index is 11.5. The Morgan fingerprint density at radius 2 is 2.12 bits per heavy atom. The first-order valence-corrected chi connectivity index (χ1v) is 7.14. The minimum absolute atomic E-state index is 0.0149. The summed E-state index contributed by atoms with van der Waals surface area (Å²) in [5.74, 6) is 0.925. The monoisotopic (exact) mass is 247 g/mol. The van der Waals surface area contributed by atoms with E-state index in [-0.39, 0.29) is 11.9 Å². The second kappa shape index (κ2) is 9.93. The summed E-state index contributed by atoms with van der Waals surface area (Å²) in [6, 6.07) is -0.346. The number of carbonyl (C=O) groups excluding carboxylic acids is 1. The standard InChI is InChI=1S/C11H25N3OS/c1-14(2)8-5-4-7-13-11(15)10(12)6-9-16-3/h10H,4-9,12H2,1-3H3,(H,13,15)/t10-/m1/s1. The first-order chi connectivity index (χ1) is 7.57. The molecule has 4 nitrogen and oxygen atoms in total. The lowest BCUT2D eigenvalue weighted by molar-refractivity contribution is -0.122. The molecular formula is C11H25N3OS. The van der Waals surface area contributed by atoms with Crippen molar-refractivity contribution in [1.29, 1.82) is 0 Å². The summed E-state index contributed by atoms with van der Waals surface area (Å²) < 4.78 is 0. The van der Waals surface area contributed by atoms with Crippen molar-refractivity contribution in [3.05, 3.63) is 0 Å². The number of rotatable bonds is 9. The van der Waals surface area contributed by atoms with E-state index in [1.807, 2.05) is 6.26 Å². The van der Waals surface area contributed by atoms with Crippen LogP contribution in [0.4, 0.5) is 0 Å². The molecule has 0 saturated carbocycles. The molecule has 0 aromatic heterocycles. The molecular weight excluding hydrogens is 222 g/mol. The smallest absolute Gasteiger partial charge is 0.236 e. The number of nitrogens with zero attached hydrogens (tertiary/aromatic N) is 1. The minimum Gasteiger partial charge on any atom is -0.355 e. The molecule has 0 aromatic rings. The molecule has 0 rings (SSSR count). The predicted molar refractivity (Wildman–Crippen MR) is 71.8 cm³/mol. The van der Waals surface area contributed by atoms with Gasteiger partial charge in [-0.3, -0.25) is 4.79 Å². The normalized spacial score (nSPS) is 12.8. The zero-order valence-corrected chi connectivity index (χ0v) is 11.5. The van der Waals surface area contributed by atoms with Gasteiger partial charge in [-0.15, -0.1) is 0 Å². The molecule has 0 aliphatic rings. The van der Waals surface area contributed by atoms with E-state index in [0.717, 1.165) is 38.1 Å². The van der Waals surface area contributed by atoms with Gasteiger partial charge in [0.1, 0.15) is 0 Å². The Morgan fingerprint density at radius 3 is 2.69 bits per heavy atom. The van der Waals surface area contributed by atoms with Gasteiger partial charge in [-0.05, 0) is 51.9 Å². The van der Waals surface area contributed by atoms with Crippen LogP contribution in [0.3, 0.4) is 0 Å². The lowest BCUT2D eigenvalue weighted by Gasteiger charge is -2.12. The highest BCUT2D eigenvalue weighted by atomic mass is 32.2. The van der Waals surface area contributed by atoms with Crippen LogP contribution in [0, 0.1) is 0 Å². The summed E-state index contributed by atoms with van der Waals surface area (Å²) in [5, 5.41) is 2.87. The molecule has 3 N–H and O–H groups in total. The van der Waals surface area contributed by atoms with Gasteiger partial charge in [-0.1, -0.05) is 0 Å². The molecule has 0 bridgehead atoms. The van der Waals surface area contributed by atoms with Crippen LogP contribution in [0.1, 0.15) is 19.3 Å². The fraction of sp³-hybridized carbons (Fsp3) is 0.909. The number of thioether (sulfide) groups is 1. The van der Waals surface area contributed by atoms with E-state index in [2.05, 4.69) is 24.3 Å². The summed E-state index contributed by atoms with van der Waals surface area (Å²) in [5.41, 5.74) is 5.73. The molecule has 0 radical (unpaired) electrons. The van der Waals surface area contributed by atoms with Crippen molar-refractivity contribution in [3.63, 3.8) is 0 Å². The zero-order valence-electron chi connectivity index (χ0n) is 10.7. The summed E-state index contributed by atoms with van der Waals surface area (Å²) in [7, 11) is 4.10. The van der Waals surface area contributed by atoms with Crippen molar-refractivity contribution in [1.82, 2.24) is 10.2 Å². The summed E-state index contributed by atoms with van der Waals surface area (Å²) in [6.07, 6.45) is 4.89. The average Bonchev–Trinajstić information content (AvgIpc) is 2.24. The minimum atomic E-state index is -0.346. The highest BCUT2D eigenvalue weighted by Crippen LogP contribution is 1.98. The van der Waals surface area contributed by atoms with Crippen molar-refractivity contribution in [2.45, 2.75) is 25.3 Å². The number of nitrogens with two attached hydrogens (primary N) is 1. The highest BCUT2D eigenvalue weighted by molar-refractivity contribution is 7.98. The Kier molecular flexibility index (Phi) is 9.77. The van der Waals surface area contributed by atoms with Gasteiger partial charge < -0.3 is 16.0 Å². The topological polar surface area (TPSA) is 58.4 Å². The molecule has 0 aliphatic carbocycles. The SMILES string of the molecule is CSCC[C@@H](N)C(=O)NCCCCN(C)C. The van der Waals surface area contributed by atoms with Gasteiger partial charge in [0.05, 0.1) is 6.04 Å². The first-order valence-electron chi connectivity index (χ1n) is 5.75. The summed E-state index contributed by atoms with van der Waals surface area (Å²) in [6.45, 7) is 1.80. The fourth-order valence-corrected chi connectivity index (χ4v) is 1.76. The maximum Gasteiger partial charge on any atom is 0.236 e. The molecule has 1 atom stereocenters. The van der Waals surface area contributed by atoms with Gasteiger partial charge >= 0.3 is 0 Å². The number of carbonyl (C=O) groups is 1. The molecule has 0 saturated heterocycles. The molecule has 0 heterocycles. The van der Waals surface area contributed by atoms with Crippen molar-refractivity contribution in [2.75, 3.05) is 39.2 Å².